The number of hydrogen-bond donors (Lipinski definition) is 3. The average molecular weight is 464 g/mol. The molecule has 2 saturated heterocycles. The molecule has 3 heterocycles. The maximum Gasteiger partial charge on any atom is 0.416 e. The Morgan fingerprint density at radius 2 is 1.97 bits per heavy atom. The smallest absolute Gasteiger partial charge is 0.357 e. The van der Waals surface area contributed by atoms with Gasteiger partial charge in [0.2, 0.25) is 5.95 Å². The zero-order chi connectivity index (χ0) is 23.4. The van der Waals surface area contributed by atoms with E-state index in [-0.39, 0.29) is 23.8 Å². The van der Waals surface area contributed by atoms with Gasteiger partial charge in [-0.2, -0.15) is 18.2 Å². The van der Waals surface area contributed by atoms with Crippen LogP contribution in [0.4, 0.5) is 35.4 Å². The molecule has 3 N–H and O–H groups in total. The van der Waals surface area contributed by atoms with Gasteiger partial charge in [-0.1, -0.05) is 6.07 Å². The van der Waals surface area contributed by atoms with Crippen LogP contribution >= 0.6 is 0 Å². The number of aromatic nitrogens is 2. The molecule has 1 aromatic carbocycles. The van der Waals surface area contributed by atoms with Gasteiger partial charge in [0.1, 0.15) is 5.82 Å². The van der Waals surface area contributed by atoms with E-state index in [9.17, 15) is 18.0 Å². The molecule has 0 radical (unpaired) electrons. The Hall–Kier alpha value is -3.08. The predicted octanol–water partition coefficient (Wildman–Crippen LogP) is 3.53. The molecule has 0 saturated carbocycles. The minimum Gasteiger partial charge on any atom is -0.357 e. The Labute approximate surface area is 190 Å². The van der Waals surface area contributed by atoms with Crippen molar-refractivity contribution < 1.29 is 18.0 Å². The Kier molecular flexibility index (Phi) is 6.87. The van der Waals surface area contributed by atoms with Crippen molar-refractivity contribution in [1.82, 2.24) is 20.2 Å². The van der Waals surface area contributed by atoms with Crippen LogP contribution in [0.2, 0.25) is 0 Å². The van der Waals surface area contributed by atoms with Crippen LogP contribution in [0.25, 0.3) is 0 Å². The van der Waals surface area contributed by atoms with Crippen molar-refractivity contribution in [2.24, 2.45) is 0 Å². The number of nitrogens with zero attached hydrogens (tertiary/aromatic N) is 4. The molecule has 2 aromatic rings. The third-order valence-electron chi connectivity index (χ3n) is 5.98. The molecule has 2 aliphatic rings. The van der Waals surface area contributed by atoms with E-state index in [2.05, 4.69) is 25.9 Å². The number of carbonyl (C=O) groups is 1. The highest BCUT2D eigenvalue weighted by Gasteiger charge is 2.34. The van der Waals surface area contributed by atoms with E-state index in [0.717, 1.165) is 37.8 Å². The number of rotatable bonds is 6. The van der Waals surface area contributed by atoms with Crippen LogP contribution in [0.15, 0.2) is 30.5 Å². The number of nitrogens with one attached hydrogen (secondary N) is 3. The van der Waals surface area contributed by atoms with Gasteiger partial charge in [-0.05, 0) is 56.1 Å². The van der Waals surface area contributed by atoms with E-state index in [1.807, 2.05) is 9.80 Å². The lowest BCUT2D eigenvalue weighted by atomic mass is 10.1. The lowest BCUT2D eigenvalue weighted by molar-refractivity contribution is -0.138. The molecule has 2 aliphatic heterocycles. The number of halogens is 3. The number of amides is 2. The molecule has 0 aliphatic carbocycles. The summed E-state index contributed by atoms with van der Waals surface area (Å²) in [5.41, 5.74) is -0.356. The summed E-state index contributed by atoms with van der Waals surface area (Å²) in [6, 6.07) is 5.14. The van der Waals surface area contributed by atoms with Crippen molar-refractivity contribution in [2.75, 3.05) is 48.8 Å². The predicted molar refractivity (Wildman–Crippen MR) is 120 cm³/mol. The molecule has 2 amide bonds. The summed E-state index contributed by atoms with van der Waals surface area (Å²) >= 11 is 0. The molecular formula is C22H28F3N7O. The summed E-state index contributed by atoms with van der Waals surface area (Å²) in [4.78, 5) is 25.0. The summed E-state index contributed by atoms with van der Waals surface area (Å²) in [6.07, 6.45) is -0.109. The van der Waals surface area contributed by atoms with E-state index >= 15 is 0 Å². The van der Waals surface area contributed by atoms with Crippen LogP contribution in [0.3, 0.4) is 0 Å². The fraction of sp³-hybridized carbons (Fsp3) is 0.500. The van der Waals surface area contributed by atoms with Gasteiger partial charge in [-0.25, -0.2) is 9.78 Å². The fourth-order valence-corrected chi connectivity index (χ4v) is 4.32. The van der Waals surface area contributed by atoms with E-state index in [4.69, 9.17) is 0 Å². The molecule has 1 atom stereocenters. The molecule has 8 nitrogen and oxygen atoms in total. The normalized spacial score (nSPS) is 19.0. The third kappa shape index (κ3) is 5.84. The molecule has 11 heteroatoms. The molecule has 4 rings (SSSR count). The maximum absolute atomic E-state index is 13.7. The summed E-state index contributed by atoms with van der Waals surface area (Å²) in [5, 5.41) is 8.29. The van der Waals surface area contributed by atoms with E-state index in [1.165, 1.54) is 12.1 Å². The minimum absolute atomic E-state index is 0.120. The Bertz CT molecular complexity index is 979. The first-order valence-corrected chi connectivity index (χ1v) is 11.1. The zero-order valence-corrected chi connectivity index (χ0v) is 18.5. The van der Waals surface area contributed by atoms with Crippen LogP contribution in [0, 0.1) is 0 Å². The van der Waals surface area contributed by atoms with Crippen molar-refractivity contribution >= 4 is 23.5 Å². The number of urea groups is 1. The number of anilines is 3. The SMILES string of the molecule is CNc1nccc(N2CC[C@H](NC(=O)Nc3ccc(CN4CCCC4)c(C(F)(F)F)c3)C2)n1. The monoisotopic (exact) mass is 463 g/mol. The Balaban J connectivity index is 1.37. The second-order valence-corrected chi connectivity index (χ2v) is 8.37. The van der Waals surface area contributed by atoms with Gasteiger partial charge < -0.3 is 20.9 Å². The Morgan fingerprint density at radius 3 is 2.70 bits per heavy atom. The van der Waals surface area contributed by atoms with Gasteiger partial charge in [0.05, 0.1) is 5.56 Å². The number of carbonyl (C=O) groups excluding carboxylic acids is 1. The van der Waals surface area contributed by atoms with Crippen molar-refractivity contribution in [3.63, 3.8) is 0 Å². The van der Waals surface area contributed by atoms with Gasteiger partial charge in [0, 0.05) is 44.6 Å². The van der Waals surface area contributed by atoms with Crippen LogP contribution in [-0.4, -0.2) is 60.2 Å². The minimum atomic E-state index is -4.49. The average Bonchev–Trinajstić information content (AvgIpc) is 3.46. The molecule has 33 heavy (non-hydrogen) atoms. The van der Waals surface area contributed by atoms with Gasteiger partial charge >= 0.3 is 12.2 Å². The number of benzene rings is 1. The second kappa shape index (κ2) is 9.82. The van der Waals surface area contributed by atoms with Gasteiger partial charge in [0.25, 0.3) is 0 Å². The van der Waals surface area contributed by atoms with E-state index in [0.29, 0.717) is 25.5 Å². The summed E-state index contributed by atoms with van der Waals surface area (Å²) in [7, 11) is 1.74. The highest BCUT2D eigenvalue weighted by molar-refractivity contribution is 5.89. The number of likely N-dealkylation sites (tertiary alicyclic amines) is 1. The standard InChI is InChI=1S/C22H28F3N7O/c1-26-20-27-8-6-19(30-20)32-11-7-17(14-32)29-21(33)28-16-5-4-15(13-31-9-2-3-10-31)18(12-16)22(23,24)25/h4-6,8,12,17H,2-3,7,9-11,13-14H2,1H3,(H,26,27,30)(H2,28,29,33)/t17-/m0/s1. The first kappa shape index (κ1) is 23.1. The summed E-state index contributed by atoms with van der Waals surface area (Å²) in [5.74, 6) is 1.26. The van der Waals surface area contributed by atoms with Gasteiger partial charge in [-0.3, -0.25) is 4.90 Å². The third-order valence-corrected chi connectivity index (χ3v) is 5.98. The van der Waals surface area contributed by atoms with Crippen LogP contribution in [0.1, 0.15) is 30.4 Å². The van der Waals surface area contributed by atoms with Crippen LogP contribution < -0.4 is 20.9 Å². The fourth-order valence-electron chi connectivity index (χ4n) is 4.32. The van der Waals surface area contributed by atoms with Crippen molar-refractivity contribution in [3.05, 3.63) is 41.6 Å². The first-order valence-electron chi connectivity index (χ1n) is 11.1. The lowest BCUT2D eigenvalue weighted by Gasteiger charge is -2.20. The zero-order valence-electron chi connectivity index (χ0n) is 18.5. The van der Waals surface area contributed by atoms with Gasteiger partial charge in [-0.15, -0.1) is 0 Å². The second-order valence-electron chi connectivity index (χ2n) is 8.37. The lowest BCUT2D eigenvalue weighted by Crippen LogP contribution is -2.39. The molecule has 0 unspecified atom stereocenters. The van der Waals surface area contributed by atoms with Crippen molar-refractivity contribution in [3.8, 4) is 0 Å². The van der Waals surface area contributed by atoms with Crippen molar-refractivity contribution in [2.45, 2.75) is 38.0 Å². The molecule has 2 fully saturated rings. The molecule has 0 bridgehead atoms. The first-order chi connectivity index (χ1) is 15.8. The van der Waals surface area contributed by atoms with Crippen molar-refractivity contribution in [1.29, 1.82) is 0 Å². The van der Waals surface area contributed by atoms with E-state index < -0.39 is 17.8 Å². The highest BCUT2D eigenvalue weighted by Crippen LogP contribution is 2.35. The highest BCUT2D eigenvalue weighted by atomic mass is 19.4. The molecule has 1 aromatic heterocycles. The molecular weight excluding hydrogens is 435 g/mol. The number of hydrogen-bond acceptors (Lipinski definition) is 6. The summed E-state index contributed by atoms with van der Waals surface area (Å²) < 4.78 is 41.0. The Morgan fingerprint density at radius 1 is 1.18 bits per heavy atom. The largest absolute Gasteiger partial charge is 0.416 e. The summed E-state index contributed by atoms with van der Waals surface area (Å²) in [6.45, 7) is 3.13. The number of alkyl halides is 3. The van der Waals surface area contributed by atoms with E-state index in [1.54, 1.807) is 19.3 Å². The molecule has 178 valence electrons. The maximum atomic E-state index is 13.7. The molecule has 0 spiro atoms. The van der Waals surface area contributed by atoms with Gasteiger partial charge in [0.15, 0.2) is 0 Å². The van der Waals surface area contributed by atoms with Crippen LogP contribution in [0.5, 0.6) is 0 Å². The van der Waals surface area contributed by atoms with Crippen LogP contribution in [-0.2, 0) is 12.7 Å². The quantitative estimate of drug-likeness (QED) is 0.608. The topological polar surface area (TPSA) is 85.4 Å².